The number of nitrogens with one attached hydrogen (secondary N) is 1. The van der Waals surface area contributed by atoms with Gasteiger partial charge >= 0.3 is 0 Å². The van der Waals surface area contributed by atoms with Gasteiger partial charge in [-0.3, -0.25) is 4.99 Å². The molecule has 0 amide bonds. The molecule has 0 radical (unpaired) electrons. The largest absolute Gasteiger partial charge is 0.335 e. The topological polar surface area (TPSA) is 48.2 Å². The zero-order valence-electron chi connectivity index (χ0n) is 11.0. The third-order valence-corrected chi connectivity index (χ3v) is 3.96. The van der Waals surface area contributed by atoms with Crippen LogP contribution in [0.4, 0.5) is 10.1 Å². The lowest BCUT2D eigenvalue weighted by molar-refractivity contribution is 0.485. The van der Waals surface area contributed by atoms with Gasteiger partial charge in [-0.05, 0) is 30.5 Å². The molecule has 1 heterocycles. The Morgan fingerprint density at radius 3 is 3.00 bits per heavy atom. The summed E-state index contributed by atoms with van der Waals surface area (Å²) >= 11 is 1.66. The summed E-state index contributed by atoms with van der Waals surface area (Å²) in [6.07, 6.45) is 1.08. The highest BCUT2D eigenvalue weighted by molar-refractivity contribution is 8.14. The van der Waals surface area contributed by atoms with Crippen molar-refractivity contribution in [2.24, 2.45) is 10.9 Å². The highest BCUT2D eigenvalue weighted by Gasteiger charge is 2.18. The first-order valence-corrected chi connectivity index (χ1v) is 7.26. The fourth-order valence-corrected chi connectivity index (χ4v) is 2.84. The maximum atomic E-state index is 13.2. The van der Waals surface area contributed by atoms with E-state index in [0.29, 0.717) is 17.6 Å². The molecule has 0 saturated carbocycles. The van der Waals surface area contributed by atoms with Crippen LogP contribution in [0.25, 0.3) is 0 Å². The monoisotopic (exact) mass is 277 g/mol. The average Bonchev–Trinajstić information content (AvgIpc) is 2.41. The molecule has 1 aliphatic rings. The van der Waals surface area contributed by atoms with Crippen molar-refractivity contribution in [3.8, 4) is 6.07 Å². The zero-order chi connectivity index (χ0) is 13.8. The first-order valence-electron chi connectivity index (χ1n) is 6.27. The number of nitriles is 1. The minimum atomic E-state index is -0.494. The molecule has 0 aliphatic carbocycles. The minimum Gasteiger partial charge on any atom is -0.335 e. The third kappa shape index (κ3) is 3.48. The van der Waals surface area contributed by atoms with E-state index in [-0.39, 0.29) is 5.56 Å². The fourth-order valence-electron chi connectivity index (χ4n) is 1.89. The van der Waals surface area contributed by atoms with Gasteiger partial charge in [0.25, 0.3) is 0 Å². The van der Waals surface area contributed by atoms with Gasteiger partial charge < -0.3 is 5.32 Å². The Labute approximate surface area is 116 Å². The van der Waals surface area contributed by atoms with Crippen LogP contribution in [0.1, 0.15) is 25.8 Å². The molecule has 0 bridgehead atoms. The molecule has 5 heteroatoms. The molecular formula is C14H16FN3S. The Kier molecular flexibility index (Phi) is 4.43. The van der Waals surface area contributed by atoms with Crippen molar-refractivity contribution in [3.05, 3.63) is 29.6 Å². The van der Waals surface area contributed by atoms with E-state index >= 15 is 0 Å². The molecule has 3 nitrogen and oxygen atoms in total. The van der Waals surface area contributed by atoms with Gasteiger partial charge in [-0.15, -0.1) is 0 Å². The van der Waals surface area contributed by atoms with Crippen LogP contribution in [0.15, 0.2) is 23.2 Å². The van der Waals surface area contributed by atoms with E-state index < -0.39 is 5.82 Å². The van der Waals surface area contributed by atoms with Crippen LogP contribution in [0.2, 0.25) is 0 Å². The standard InChI is InChI=1S/C14H16FN3S/c1-9(2)13-5-6-19-14(18-13)17-11-3-4-12(15)10(7-11)8-16/h3-4,7,9,13H,5-6H2,1-2H3,(H,17,18). The Morgan fingerprint density at radius 1 is 1.53 bits per heavy atom. The molecule has 0 spiro atoms. The number of amidine groups is 1. The second-order valence-corrected chi connectivity index (χ2v) is 5.90. The van der Waals surface area contributed by atoms with Crippen molar-refractivity contribution in [1.29, 1.82) is 5.26 Å². The van der Waals surface area contributed by atoms with E-state index in [1.165, 1.54) is 12.1 Å². The molecule has 1 atom stereocenters. The number of aliphatic imine (C=N–C) groups is 1. The molecule has 0 fully saturated rings. The van der Waals surface area contributed by atoms with E-state index in [4.69, 9.17) is 5.26 Å². The lowest BCUT2D eigenvalue weighted by Crippen LogP contribution is -2.23. The number of thioether (sulfide) groups is 1. The van der Waals surface area contributed by atoms with E-state index in [0.717, 1.165) is 17.3 Å². The number of hydrogen-bond donors (Lipinski definition) is 1. The van der Waals surface area contributed by atoms with Crippen molar-refractivity contribution in [2.45, 2.75) is 26.3 Å². The van der Waals surface area contributed by atoms with Crippen LogP contribution in [0.5, 0.6) is 0 Å². The van der Waals surface area contributed by atoms with Crippen LogP contribution >= 0.6 is 11.8 Å². The molecule has 1 N–H and O–H groups in total. The van der Waals surface area contributed by atoms with Crippen molar-refractivity contribution in [3.63, 3.8) is 0 Å². The van der Waals surface area contributed by atoms with E-state index in [2.05, 4.69) is 24.2 Å². The van der Waals surface area contributed by atoms with Gasteiger partial charge in [0.1, 0.15) is 11.9 Å². The number of benzene rings is 1. The van der Waals surface area contributed by atoms with E-state index in [1.54, 1.807) is 17.8 Å². The molecule has 1 aromatic rings. The molecule has 2 rings (SSSR count). The molecule has 1 aromatic carbocycles. The number of rotatable bonds is 2. The first-order chi connectivity index (χ1) is 9.10. The van der Waals surface area contributed by atoms with Gasteiger partial charge in [0.15, 0.2) is 5.17 Å². The number of halogens is 1. The molecule has 19 heavy (non-hydrogen) atoms. The highest BCUT2D eigenvalue weighted by Crippen LogP contribution is 2.24. The second-order valence-electron chi connectivity index (χ2n) is 4.81. The minimum absolute atomic E-state index is 0.0480. The van der Waals surface area contributed by atoms with Gasteiger partial charge in [0.2, 0.25) is 0 Å². The summed E-state index contributed by atoms with van der Waals surface area (Å²) in [5.41, 5.74) is 0.750. The number of anilines is 1. The zero-order valence-corrected chi connectivity index (χ0v) is 11.8. The smallest absolute Gasteiger partial charge is 0.161 e. The first kappa shape index (κ1) is 13.9. The molecular weight excluding hydrogens is 261 g/mol. The van der Waals surface area contributed by atoms with Crippen LogP contribution in [-0.2, 0) is 0 Å². The SMILES string of the molecule is CC(C)C1CCSC(Nc2ccc(F)c(C#N)c2)=N1. The predicted octanol–water partition coefficient (Wildman–Crippen LogP) is 3.63. The predicted molar refractivity (Wildman–Crippen MR) is 77.9 cm³/mol. The van der Waals surface area contributed by atoms with Gasteiger partial charge in [-0.2, -0.15) is 5.26 Å². The quantitative estimate of drug-likeness (QED) is 0.898. The van der Waals surface area contributed by atoms with Crippen molar-refractivity contribution >= 4 is 22.6 Å². The summed E-state index contributed by atoms with van der Waals surface area (Å²) in [5, 5.41) is 12.8. The maximum Gasteiger partial charge on any atom is 0.161 e. The summed E-state index contributed by atoms with van der Waals surface area (Å²) in [4.78, 5) is 4.65. The third-order valence-electron chi connectivity index (χ3n) is 3.04. The van der Waals surface area contributed by atoms with Crippen molar-refractivity contribution in [2.75, 3.05) is 11.1 Å². The molecule has 0 aromatic heterocycles. The lowest BCUT2D eigenvalue weighted by atomic mass is 10.0. The van der Waals surface area contributed by atoms with Gasteiger partial charge in [-0.25, -0.2) is 4.39 Å². The van der Waals surface area contributed by atoms with Crippen molar-refractivity contribution < 1.29 is 4.39 Å². The van der Waals surface area contributed by atoms with Crippen LogP contribution in [0.3, 0.4) is 0 Å². The molecule has 1 unspecified atom stereocenters. The second kappa shape index (κ2) is 6.07. The van der Waals surface area contributed by atoms with Gasteiger partial charge in [0, 0.05) is 11.4 Å². The molecule has 1 aliphatic heterocycles. The Balaban J connectivity index is 2.15. The number of hydrogen-bond acceptors (Lipinski definition) is 4. The van der Waals surface area contributed by atoms with Crippen LogP contribution < -0.4 is 5.32 Å². The van der Waals surface area contributed by atoms with Gasteiger partial charge in [-0.1, -0.05) is 25.6 Å². The lowest BCUT2D eigenvalue weighted by Gasteiger charge is -2.23. The highest BCUT2D eigenvalue weighted by atomic mass is 32.2. The summed E-state index contributed by atoms with van der Waals surface area (Å²) < 4.78 is 13.2. The van der Waals surface area contributed by atoms with Crippen molar-refractivity contribution in [1.82, 2.24) is 0 Å². The summed E-state index contributed by atoms with van der Waals surface area (Å²) in [6, 6.07) is 6.61. The Bertz CT molecular complexity index is 534. The van der Waals surface area contributed by atoms with E-state index in [1.807, 2.05) is 6.07 Å². The van der Waals surface area contributed by atoms with Crippen LogP contribution in [0, 0.1) is 23.1 Å². The molecule has 100 valence electrons. The normalized spacial score (nSPS) is 18.9. The van der Waals surface area contributed by atoms with Gasteiger partial charge in [0.05, 0.1) is 11.6 Å². The van der Waals surface area contributed by atoms with Crippen LogP contribution in [-0.4, -0.2) is 17.0 Å². The average molecular weight is 277 g/mol. The number of nitrogens with zero attached hydrogens (tertiary/aromatic N) is 2. The summed E-state index contributed by atoms with van der Waals surface area (Å²) in [7, 11) is 0. The molecule has 0 saturated heterocycles. The maximum absolute atomic E-state index is 13.2. The van der Waals surface area contributed by atoms with E-state index in [9.17, 15) is 4.39 Å². The summed E-state index contributed by atoms with van der Waals surface area (Å²) in [5.74, 6) is 1.05. The fraction of sp³-hybridized carbons (Fsp3) is 0.429. The Hall–Kier alpha value is -1.54. The summed E-state index contributed by atoms with van der Waals surface area (Å²) in [6.45, 7) is 4.32. The Morgan fingerprint density at radius 2 is 2.32 bits per heavy atom.